The van der Waals surface area contributed by atoms with E-state index in [1.807, 2.05) is 12.3 Å². The highest BCUT2D eigenvalue weighted by molar-refractivity contribution is 6.32. The van der Waals surface area contributed by atoms with Crippen LogP contribution in [0.1, 0.15) is 42.6 Å². The van der Waals surface area contributed by atoms with Crippen molar-refractivity contribution < 1.29 is 4.79 Å². The molecule has 132 valence electrons. The Morgan fingerprint density at radius 1 is 1.40 bits per heavy atom. The summed E-state index contributed by atoms with van der Waals surface area (Å²) in [4.78, 5) is 17.7. The molecule has 3 N–H and O–H groups in total. The van der Waals surface area contributed by atoms with Gasteiger partial charge in [0.2, 0.25) is 0 Å². The number of amides is 1. The predicted molar refractivity (Wildman–Crippen MR) is 99.3 cm³/mol. The number of carbonyl (C=O) groups excluding carboxylic acids is 1. The molecule has 0 spiro atoms. The summed E-state index contributed by atoms with van der Waals surface area (Å²) >= 11 is 6.15. The fourth-order valence-electron chi connectivity index (χ4n) is 3.95. The molecule has 0 saturated carbocycles. The van der Waals surface area contributed by atoms with Crippen molar-refractivity contribution in [1.29, 1.82) is 0 Å². The number of nitrogens with zero attached hydrogens (tertiary/aromatic N) is 3. The molecule has 1 fully saturated rings. The van der Waals surface area contributed by atoms with Crippen LogP contribution in [-0.2, 0) is 5.41 Å². The number of piperidine rings is 1. The topological polar surface area (TPSA) is 79.4 Å². The molecule has 25 heavy (non-hydrogen) atoms. The number of rotatable bonds is 3. The molecule has 3 aromatic rings. The molecule has 7 heteroatoms. The van der Waals surface area contributed by atoms with Crippen LogP contribution in [0.3, 0.4) is 0 Å². The molecule has 2 aromatic heterocycles. The van der Waals surface area contributed by atoms with Gasteiger partial charge in [-0.1, -0.05) is 25.4 Å². The number of carbonyl (C=O) groups is 1. The number of aromatic amines is 1. The second-order valence-electron chi connectivity index (χ2n) is 7.15. The number of halogens is 1. The van der Waals surface area contributed by atoms with Crippen molar-refractivity contribution in [3.8, 4) is 0 Å². The van der Waals surface area contributed by atoms with Gasteiger partial charge in [0.1, 0.15) is 11.2 Å². The number of benzene rings is 1. The van der Waals surface area contributed by atoms with E-state index >= 15 is 0 Å². The van der Waals surface area contributed by atoms with E-state index in [4.69, 9.17) is 17.3 Å². The minimum absolute atomic E-state index is 0.0605. The highest BCUT2D eigenvalue weighted by Crippen LogP contribution is 2.38. The molecule has 1 aliphatic heterocycles. The zero-order valence-electron chi connectivity index (χ0n) is 14.5. The van der Waals surface area contributed by atoms with E-state index in [2.05, 4.69) is 28.8 Å². The first-order chi connectivity index (χ1) is 11.9. The molecule has 3 heterocycles. The summed E-state index contributed by atoms with van der Waals surface area (Å²) in [5.41, 5.74) is 9.57. The highest BCUT2D eigenvalue weighted by atomic mass is 35.5. The first-order valence-electron chi connectivity index (χ1n) is 8.64. The molecule has 1 aliphatic rings. The number of nitrogens with one attached hydrogen (secondary N) is 1. The van der Waals surface area contributed by atoms with Crippen molar-refractivity contribution in [3.05, 3.63) is 34.5 Å². The van der Waals surface area contributed by atoms with E-state index in [9.17, 15) is 4.79 Å². The van der Waals surface area contributed by atoms with Gasteiger partial charge in [0, 0.05) is 16.0 Å². The summed E-state index contributed by atoms with van der Waals surface area (Å²) in [6.45, 7) is 7.76. The fourth-order valence-corrected chi connectivity index (χ4v) is 4.17. The van der Waals surface area contributed by atoms with Crippen LogP contribution in [0, 0.1) is 0 Å². The molecule has 0 unspecified atom stereocenters. The summed E-state index contributed by atoms with van der Waals surface area (Å²) in [6.07, 6.45) is 4.09. The van der Waals surface area contributed by atoms with Crippen molar-refractivity contribution in [2.45, 2.75) is 32.1 Å². The second kappa shape index (κ2) is 5.75. The number of hydrogen-bond donors (Lipinski definition) is 2. The summed E-state index contributed by atoms with van der Waals surface area (Å²) < 4.78 is 1.79. The first-order valence-corrected chi connectivity index (χ1v) is 9.02. The average molecular weight is 360 g/mol. The van der Waals surface area contributed by atoms with E-state index in [-0.39, 0.29) is 5.41 Å². The molecule has 1 aromatic carbocycles. The average Bonchev–Trinajstić information content (AvgIpc) is 3.13. The third-order valence-corrected chi connectivity index (χ3v) is 5.85. The predicted octanol–water partition coefficient (Wildman–Crippen LogP) is 2.94. The number of likely N-dealkylation sites (tertiary alicyclic amines) is 1. The Morgan fingerprint density at radius 3 is 2.76 bits per heavy atom. The van der Waals surface area contributed by atoms with Gasteiger partial charge in [-0.3, -0.25) is 4.79 Å². The number of primary amides is 1. The van der Waals surface area contributed by atoms with Crippen molar-refractivity contribution in [2.24, 2.45) is 5.73 Å². The lowest BCUT2D eigenvalue weighted by atomic mass is 9.75. The molecule has 4 rings (SSSR count). The Balaban J connectivity index is 1.88. The molecule has 0 radical (unpaired) electrons. The molecular formula is C18H22ClN5O. The number of aromatic nitrogens is 3. The van der Waals surface area contributed by atoms with Crippen LogP contribution >= 0.6 is 11.6 Å². The third kappa shape index (κ3) is 2.51. The standard InChI is InChI=1S/C18H22ClN5O/c1-3-23-6-4-18(2,5-7-23)13-10-21-24-15-12(16(20)25)8-11(19)9-14(15)22-17(13)24/h8-10,22H,3-7H2,1-2H3,(H2,20,25). The van der Waals surface area contributed by atoms with Crippen LogP contribution in [0.5, 0.6) is 0 Å². The van der Waals surface area contributed by atoms with Gasteiger partial charge in [0.25, 0.3) is 5.91 Å². The molecule has 0 aliphatic carbocycles. The summed E-state index contributed by atoms with van der Waals surface area (Å²) in [5, 5.41) is 5.04. The zero-order chi connectivity index (χ0) is 17.8. The maximum Gasteiger partial charge on any atom is 0.251 e. The van der Waals surface area contributed by atoms with Crippen LogP contribution in [0.15, 0.2) is 18.3 Å². The van der Waals surface area contributed by atoms with Gasteiger partial charge in [-0.05, 0) is 44.6 Å². The monoisotopic (exact) mass is 359 g/mol. The smallest absolute Gasteiger partial charge is 0.251 e. The summed E-state index contributed by atoms with van der Waals surface area (Å²) in [7, 11) is 0. The van der Waals surface area contributed by atoms with Crippen molar-refractivity contribution in [2.75, 3.05) is 19.6 Å². The number of imidazole rings is 1. The Morgan fingerprint density at radius 2 is 2.12 bits per heavy atom. The van der Waals surface area contributed by atoms with E-state index < -0.39 is 5.91 Å². The highest BCUT2D eigenvalue weighted by Gasteiger charge is 2.34. The third-order valence-electron chi connectivity index (χ3n) is 5.63. The second-order valence-corrected chi connectivity index (χ2v) is 7.59. The van der Waals surface area contributed by atoms with E-state index in [0.29, 0.717) is 16.1 Å². The van der Waals surface area contributed by atoms with E-state index in [1.54, 1.807) is 10.6 Å². The maximum atomic E-state index is 11.9. The quantitative estimate of drug-likeness (QED) is 0.754. The van der Waals surface area contributed by atoms with Crippen LogP contribution in [0.25, 0.3) is 16.7 Å². The lowest BCUT2D eigenvalue weighted by molar-refractivity contribution is 0.100. The van der Waals surface area contributed by atoms with Crippen LogP contribution < -0.4 is 5.73 Å². The van der Waals surface area contributed by atoms with Crippen molar-refractivity contribution in [3.63, 3.8) is 0 Å². The van der Waals surface area contributed by atoms with Crippen molar-refractivity contribution in [1.82, 2.24) is 19.5 Å². The number of nitrogens with two attached hydrogens (primary N) is 1. The molecule has 1 amide bonds. The van der Waals surface area contributed by atoms with Crippen LogP contribution in [-0.4, -0.2) is 45.0 Å². The number of hydrogen-bond acceptors (Lipinski definition) is 3. The Bertz CT molecular complexity index is 965. The minimum atomic E-state index is -0.507. The lowest BCUT2D eigenvalue weighted by Gasteiger charge is -2.38. The molecular weight excluding hydrogens is 338 g/mol. The van der Waals surface area contributed by atoms with E-state index in [0.717, 1.165) is 43.6 Å². The van der Waals surface area contributed by atoms with Gasteiger partial charge < -0.3 is 15.6 Å². The lowest BCUT2D eigenvalue weighted by Crippen LogP contribution is -2.40. The van der Waals surface area contributed by atoms with Gasteiger partial charge in [-0.2, -0.15) is 5.10 Å². The normalized spacial score (nSPS) is 18.2. The Kier molecular flexibility index (Phi) is 3.77. The van der Waals surface area contributed by atoms with Gasteiger partial charge >= 0.3 is 0 Å². The summed E-state index contributed by atoms with van der Waals surface area (Å²) in [6, 6.07) is 3.41. The van der Waals surface area contributed by atoms with Gasteiger partial charge in [-0.15, -0.1) is 0 Å². The van der Waals surface area contributed by atoms with Gasteiger partial charge in [0.15, 0.2) is 0 Å². The first kappa shape index (κ1) is 16.4. The molecule has 1 saturated heterocycles. The number of fused-ring (bicyclic) bond motifs is 3. The van der Waals surface area contributed by atoms with Crippen LogP contribution in [0.2, 0.25) is 5.02 Å². The Labute approximate surface area is 150 Å². The van der Waals surface area contributed by atoms with Crippen LogP contribution in [0.4, 0.5) is 0 Å². The Hall–Kier alpha value is -2.05. The maximum absolute atomic E-state index is 11.9. The SMILES string of the molecule is CCN1CCC(C)(c2cnn3c2[nH]c2cc(Cl)cc(C(N)=O)c23)CC1. The van der Waals surface area contributed by atoms with Gasteiger partial charge in [0.05, 0.1) is 17.3 Å². The zero-order valence-corrected chi connectivity index (χ0v) is 15.2. The molecule has 0 atom stereocenters. The largest absolute Gasteiger partial charge is 0.366 e. The molecule has 6 nitrogen and oxygen atoms in total. The molecule has 0 bridgehead atoms. The van der Waals surface area contributed by atoms with E-state index in [1.165, 1.54) is 5.56 Å². The number of H-pyrrole nitrogens is 1. The van der Waals surface area contributed by atoms with Crippen molar-refractivity contribution >= 4 is 34.2 Å². The summed E-state index contributed by atoms with van der Waals surface area (Å²) in [5.74, 6) is -0.507. The minimum Gasteiger partial charge on any atom is -0.366 e. The fraction of sp³-hybridized carbons (Fsp3) is 0.444. The van der Waals surface area contributed by atoms with Gasteiger partial charge in [-0.25, -0.2) is 4.52 Å².